The summed E-state index contributed by atoms with van der Waals surface area (Å²) in [6.45, 7) is 6.07. The van der Waals surface area contributed by atoms with E-state index >= 15 is 0 Å². The van der Waals surface area contributed by atoms with Gasteiger partial charge in [-0.1, -0.05) is 19.9 Å². The van der Waals surface area contributed by atoms with E-state index in [1.54, 1.807) is 33.8 Å². The van der Waals surface area contributed by atoms with Gasteiger partial charge in [0.15, 0.2) is 0 Å². The van der Waals surface area contributed by atoms with E-state index in [0.29, 0.717) is 5.57 Å². The minimum atomic E-state index is -1.60. The van der Waals surface area contributed by atoms with E-state index in [2.05, 4.69) is 0 Å². The minimum Gasteiger partial charge on any atom is -0.459 e. The summed E-state index contributed by atoms with van der Waals surface area (Å²) in [6, 6.07) is 0. The van der Waals surface area contributed by atoms with E-state index in [1.807, 2.05) is 0 Å². The summed E-state index contributed by atoms with van der Waals surface area (Å²) in [5.74, 6) is -1.68. The topological polar surface area (TPSA) is 123 Å². The van der Waals surface area contributed by atoms with Gasteiger partial charge in [-0.15, -0.1) is 0 Å². The fourth-order valence-electron chi connectivity index (χ4n) is 1.79. The highest BCUT2D eigenvalue weighted by Gasteiger charge is 2.46. The van der Waals surface area contributed by atoms with Crippen LogP contribution in [-0.2, 0) is 23.8 Å². The van der Waals surface area contributed by atoms with Crippen molar-refractivity contribution in [2.45, 2.75) is 58.4 Å². The quantitative estimate of drug-likeness (QED) is 0.455. The first kappa shape index (κ1) is 19.6. The molecule has 0 aromatic carbocycles. The van der Waals surface area contributed by atoms with Crippen LogP contribution in [0.4, 0.5) is 0 Å². The molecule has 1 aliphatic rings. The Morgan fingerprint density at radius 1 is 1.17 bits per heavy atom. The Kier molecular flexibility index (Phi) is 7.14. The molecule has 8 nitrogen and oxygen atoms in total. The summed E-state index contributed by atoms with van der Waals surface area (Å²) >= 11 is 0. The fourth-order valence-corrected chi connectivity index (χ4v) is 1.79. The summed E-state index contributed by atoms with van der Waals surface area (Å²) < 4.78 is 15.2. The van der Waals surface area contributed by atoms with Gasteiger partial charge in [0.2, 0.25) is 6.29 Å². The number of hydrogen-bond donors (Lipinski definition) is 3. The van der Waals surface area contributed by atoms with Crippen LogP contribution < -0.4 is 0 Å². The SMILES string of the molecule is CC=C(C)C(=O)OCC1OC(OC(=O)C(C)C)C(O)C(O)C1O. The Hall–Kier alpha value is -1.48. The van der Waals surface area contributed by atoms with Gasteiger partial charge in [0.25, 0.3) is 0 Å². The molecule has 0 bridgehead atoms. The van der Waals surface area contributed by atoms with Gasteiger partial charge in [0.1, 0.15) is 31.0 Å². The molecule has 23 heavy (non-hydrogen) atoms. The lowest BCUT2D eigenvalue weighted by Gasteiger charge is -2.39. The van der Waals surface area contributed by atoms with Gasteiger partial charge in [-0.2, -0.15) is 0 Å². The zero-order valence-electron chi connectivity index (χ0n) is 13.6. The average molecular weight is 332 g/mol. The molecular weight excluding hydrogens is 308 g/mol. The van der Waals surface area contributed by atoms with Crippen molar-refractivity contribution in [1.82, 2.24) is 0 Å². The maximum Gasteiger partial charge on any atom is 0.333 e. The Bertz CT molecular complexity index is 458. The maximum absolute atomic E-state index is 11.6. The van der Waals surface area contributed by atoms with Crippen molar-refractivity contribution in [2.75, 3.05) is 6.61 Å². The van der Waals surface area contributed by atoms with Gasteiger partial charge >= 0.3 is 11.9 Å². The van der Waals surface area contributed by atoms with Crippen LogP contribution in [0.2, 0.25) is 0 Å². The number of ether oxygens (including phenoxy) is 3. The molecule has 0 amide bonds. The van der Waals surface area contributed by atoms with E-state index in [9.17, 15) is 24.9 Å². The number of esters is 2. The fraction of sp³-hybridized carbons (Fsp3) is 0.733. The van der Waals surface area contributed by atoms with E-state index < -0.39 is 48.6 Å². The number of rotatable bonds is 5. The van der Waals surface area contributed by atoms with Crippen LogP contribution in [0.5, 0.6) is 0 Å². The van der Waals surface area contributed by atoms with Gasteiger partial charge in [0.05, 0.1) is 5.92 Å². The van der Waals surface area contributed by atoms with Crippen LogP contribution in [0.25, 0.3) is 0 Å². The molecular formula is C15H24O8. The monoisotopic (exact) mass is 332 g/mol. The van der Waals surface area contributed by atoms with Crippen molar-refractivity contribution < 1.29 is 39.1 Å². The zero-order valence-corrected chi connectivity index (χ0v) is 13.6. The molecule has 0 spiro atoms. The second kappa shape index (κ2) is 8.39. The molecule has 5 unspecified atom stereocenters. The first-order valence-corrected chi connectivity index (χ1v) is 7.39. The third-order valence-corrected chi connectivity index (χ3v) is 3.51. The molecule has 0 aromatic heterocycles. The first-order chi connectivity index (χ1) is 10.7. The van der Waals surface area contributed by atoms with Crippen LogP contribution >= 0.6 is 0 Å². The van der Waals surface area contributed by atoms with E-state index in [1.165, 1.54) is 0 Å². The molecule has 1 heterocycles. The lowest BCUT2D eigenvalue weighted by Crippen LogP contribution is -2.59. The second-order valence-electron chi connectivity index (χ2n) is 5.68. The lowest BCUT2D eigenvalue weighted by atomic mass is 9.99. The molecule has 1 aliphatic heterocycles. The van der Waals surface area contributed by atoms with Crippen molar-refractivity contribution in [3.63, 3.8) is 0 Å². The van der Waals surface area contributed by atoms with Crippen LogP contribution in [0.3, 0.4) is 0 Å². The molecule has 0 saturated carbocycles. The molecule has 5 atom stereocenters. The van der Waals surface area contributed by atoms with Crippen LogP contribution in [-0.4, -0.2) is 64.6 Å². The maximum atomic E-state index is 11.6. The molecule has 132 valence electrons. The summed E-state index contributed by atoms with van der Waals surface area (Å²) in [6.07, 6.45) is -5.71. The van der Waals surface area contributed by atoms with Crippen LogP contribution in [0.15, 0.2) is 11.6 Å². The number of hydrogen-bond acceptors (Lipinski definition) is 8. The first-order valence-electron chi connectivity index (χ1n) is 7.39. The predicted octanol–water partition coefficient (Wildman–Crippen LogP) is -0.497. The molecule has 1 rings (SSSR count). The molecule has 3 N–H and O–H groups in total. The van der Waals surface area contributed by atoms with Crippen LogP contribution in [0, 0.1) is 5.92 Å². The lowest BCUT2D eigenvalue weighted by molar-refractivity contribution is -0.294. The van der Waals surface area contributed by atoms with E-state index in [4.69, 9.17) is 14.2 Å². The Balaban J connectivity index is 2.72. The third-order valence-electron chi connectivity index (χ3n) is 3.51. The number of carbonyl (C=O) groups is 2. The summed E-state index contributed by atoms with van der Waals surface area (Å²) in [5.41, 5.74) is 0.374. The van der Waals surface area contributed by atoms with Crippen molar-refractivity contribution in [2.24, 2.45) is 5.92 Å². The zero-order chi connectivity index (χ0) is 17.7. The third kappa shape index (κ3) is 5.00. The van der Waals surface area contributed by atoms with Crippen molar-refractivity contribution in [3.8, 4) is 0 Å². The molecule has 0 aromatic rings. The normalized spacial score (nSPS) is 31.8. The van der Waals surface area contributed by atoms with E-state index in [-0.39, 0.29) is 6.61 Å². The molecule has 0 aliphatic carbocycles. The molecule has 8 heteroatoms. The highest BCUT2D eigenvalue weighted by molar-refractivity contribution is 5.87. The van der Waals surface area contributed by atoms with Gasteiger partial charge in [-0.3, -0.25) is 4.79 Å². The highest BCUT2D eigenvalue weighted by atomic mass is 16.7. The van der Waals surface area contributed by atoms with Gasteiger partial charge in [0, 0.05) is 5.57 Å². The minimum absolute atomic E-state index is 0.356. The van der Waals surface area contributed by atoms with E-state index in [0.717, 1.165) is 0 Å². The Morgan fingerprint density at radius 3 is 2.30 bits per heavy atom. The number of allylic oxidation sites excluding steroid dienone is 1. The number of aliphatic hydroxyl groups is 3. The van der Waals surface area contributed by atoms with Crippen molar-refractivity contribution in [3.05, 3.63) is 11.6 Å². The molecule has 1 fully saturated rings. The van der Waals surface area contributed by atoms with Crippen LogP contribution in [0.1, 0.15) is 27.7 Å². The number of aliphatic hydroxyl groups excluding tert-OH is 3. The van der Waals surface area contributed by atoms with Crippen molar-refractivity contribution >= 4 is 11.9 Å². The van der Waals surface area contributed by atoms with Gasteiger partial charge in [-0.05, 0) is 13.8 Å². The molecule has 0 radical (unpaired) electrons. The smallest absolute Gasteiger partial charge is 0.333 e. The Morgan fingerprint density at radius 2 is 1.78 bits per heavy atom. The van der Waals surface area contributed by atoms with Gasteiger partial charge in [-0.25, -0.2) is 4.79 Å². The predicted molar refractivity (Wildman–Crippen MR) is 78.0 cm³/mol. The van der Waals surface area contributed by atoms with Gasteiger partial charge < -0.3 is 29.5 Å². The summed E-state index contributed by atoms with van der Waals surface area (Å²) in [4.78, 5) is 23.2. The second-order valence-corrected chi connectivity index (χ2v) is 5.68. The highest BCUT2D eigenvalue weighted by Crippen LogP contribution is 2.23. The average Bonchev–Trinajstić information content (AvgIpc) is 2.52. The largest absolute Gasteiger partial charge is 0.459 e. The summed E-state index contributed by atoms with van der Waals surface area (Å²) in [5, 5.41) is 29.6. The summed E-state index contributed by atoms with van der Waals surface area (Å²) in [7, 11) is 0. The van der Waals surface area contributed by atoms with Crippen molar-refractivity contribution in [1.29, 1.82) is 0 Å². The Labute approximate surface area is 134 Å². The standard InChI is InChI=1S/C15H24O8/c1-5-8(4)14(20)21-6-9-10(16)11(17)12(18)15(22-9)23-13(19)7(2)3/h5,7,9-12,15-18H,6H2,1-4H3. The molecule has 1 saturated heterocycles. The number of carbonyl (C=O) groups excluding carboxylic acids is 2.